The Morgan fingerprint density at radius 2 is 1.28 bits per heavy atom. The van der Waals surface area contributed by atoms with Gasteiger partial charge in [-0.3, -0.25) is 52.7 Å². The molecule has 11 amide bonds. The lowest BCUT2D eigenvalue weighted by Crippen LogP contribution is -2.65. The van der Waals surface area contributed by atoms with Gasteiger partial charge in [0.25, 0.3) is 0 Å². The number of fused-ring (bicyclic) bond motifs is 2. The first-order valence-electron chi connectivity index (χ1n) is 35.3. The average Bonchev–Trinajstić information content (AvgIpc) is 1.36. The molecule has 3 saturated heterocycles. The minimum Gasteiger partial charge on any atom is -0.343 e. The van der Waals surface area contributed by atoms with Crippen molar-refractivity contribution in [1.29, 1.82) is 0 Å². The number of rotatable bonds is 10. The molecular formula is C69H106ClF3IN11O11. The van der Waals surface area contributed by atoms with Gasteiger partial charge in [-0.2, -0.15) is 13.2 Å². The van der Waals surface area contributed by atoms with Crippen LogP contribution >= 0.6 is 34.2 Å². The van der Waals surface area contributed by atoms with Gasteiger partial charge in [0.1, 0.15) is 53.9 Å². The Labute approximate surface area is 584 Å². The van der Waals surface area contributed by atoms with E-state index < -0.39 is 155 Å². The Bertz CT molecular complexity index is 2850. The molecule has 13 atom stereocenters. The molecule has 7 aliphatic rings. The average molecular weight is 1490 g/mol. The molecule has 4 saturated carbocycles. The van der Waals surface area contributed by atoms with E-state index in [-0.39, 0.29) is 114 Å². The van der Waals surface area contributed by atoms with Crippen LogP contribution in [0.1, 0.15) is 195 Å². The van der Waals surface area contributed by atoms with Crippen molar-refractivity contribution < 1.29 is 65.9 Å². The van der Waals surface area contributed by atoms with Crippen molar-refractivity contribution in [2.75, 3.05) is 54.9 Å². The number of hydrogen-bond acceptors (Lipinski definition) is 11. The zero-order valence-electron chi connectivity index (χ0n) is 57.8. The van der Waals surface area contributed by atoms with Gasteiger partial charge in [0.15, 0.2) is 0 Å². The fraction of sp³-hybridized carbons (Fsp3) is 0.812. The molecule has 3 aliphatic heterocycles. The minimum absolute atomic E-state index is 0.0142. The zero-order chi connectivity index (χ0) is 70.7. The Morgan fingerprint density at radius 3 is 1.89 bits per heavy atom. The molecule has 0 aromatic heterocycles. The molecule has 4 aliphatic carbocycles. The van der Waals surface area contributed by atoms with Gasteiger partial charge in [-0.05, 0) is 153 Å². The summed E-state index contributed by atoms with van der Waals surface area (Å²) in [6.07, 6.45) is 11.5. The molecule has 3 unspecified atom stereocenters. The van der Waals surface area contributed by atoms with E-state index in [9.17, 15) is 46.7 Å². The number of nitrogens with one attached hydrogen (secondary N) is 4. The van der Waals surface area contributed by atoms with E-state index in [4.69, 9.17) is 18.0 Å². The first-order chi connectivity index (χ1) is 45.3. The van der Waals surface area contributed by atoms with Crippen molar-refractivity contribution in [3.8, 4) is 12.3 Å². The second kappa shape index (κ2) is 34.5. The number of nitrogens with zero attached hydrogens (tertiary/aromatic N) is 7. The minimum atomic E-state index is -4.50. The van der Waals surface area contributed by atoms with Crippen LogP contribution in [0.4, 0.5) is 13.2 Å². The van der Waals surface area contributed by atoms with Crippen molar-refractivity contribution in [3.63, 3.8) is 0 Å². The molecule has 27 heteroatoms. The van der Waals surface area contributed by atoms with Crippen LogP contribution in [-0.2, 0) is 52.7 Å². The fourth-order valence-electron chi connectivity index (χ4n) is 15.8. The Kier molecular flexibility index (Phi) is 28.0. The molecule has 0 radical (unpaired) electrons. The van der Waals surface area contributed by atoms with Crippen LogP contribution in [0, 0.1) is 41.9 Å². The number of halogens is 5. The van der Waals surface area contributed by atoms with Gasteiger partial charge in [-0.25, -0.2) is 0 Å². The van der Waals surface area contributed by atoms with Crippen molar-refractivity contribution in [1.82, 2.24) is 55.6 Å². The summed E-state index contributed by atoms with van der Waals surface area (Å²) in [5.74, 6) is -6.65. The molecule has 7 fully saturated rings. The SMILES string of the molecule is C#CCC[C@H]1C(=O)N[C@@H]([C@@H](C)CC)C(=O)N(C)[C@@H](C)C(=O)N2CC[C@H]2C(=O)N[C@@H](CC2CCC(I)CC2)C(=O)N(C)CC(=O)N[C@@H](CCC2CCC(C(F)(F)F)C(Cl)C2)C(=O)N2CCC[C@H]2C(=O)NC2(CCCC2)C(=O)N(C)[C@@H](C2CCCCC2)C(=O)N(C)[C@H](C)CC(=O)N1C. The topological polar surface area (TPSA) is 259 Å². The Hall–Kier alpha value is -5.46. The van der Waals surface area contributed by atoms with Gasteiger partial charge < -0.3 is 55.6 Å². The lowest BCUT2D eigenvalue weighted by atomic mass is 9.78. The lowest BCUT2D eigenvalue weighted by Gasteiger charge is -2.43. The number of likely N-dealkylation sites (N-methyl/N-ethyl adjacent to an activating group) is 5. The van der Waals surface area contributed by atoms with Gasteiger partial charge >= 0.3 is 6.18 Å². The summed E-state index contributed by atoms with van der Waals surface area (Å²) in [6.45, 7) is 6.52. The maximum atomic E-state index is 15.5. The lowest BCUT2D eigenvalue weighted by molar-refractivity contribution is -0.182. The quantitative estimate of drug-likeness (QED) is 0.105. The summed E-state index contributed by atoms with van der Waals surface area (Å²) < 4.78 is 42.4. The predicted molar refractivity (Wildman–Crippen MR) is 364 cm³/mol. The summed E-state index contributed by atoms with van der Waals surface area (Å²) in [5, 5.41) is 10.6. The van der Waals surface area contributed by atoms with E-state index in [1.54, 1.807) is 27.9 Å². The molecule has 0 bridgehead atoms. The molecule has 0 aromatic carbocycles. The van der Waals surface area contributed by atoms with E-state index in [1.807, 2.05) is 6.92 Å². The number of carbonyl (C=O) groups is 11. The van der Waals surface area contributed by atoms with Crippen molar-refractivity contribution in [3.05, 3.63) is 0 Å². The number of hydrogen-bond donors (Lipinski definition) is 4. The molecule has 22 nitrogen and oxygen atoms in total. The van der Waals surface area contributed by atoms with E-state index in [2.05, 4.69) is 49.8 Å². The molecule has 0 aromatic rings. The van der Waals surface area contributed by atoms with Gasteiger partial charge in [-0.15, -0.1) is 23.9 Å². The fourth-order valence-corrected chi connectivity index (χ4v) is 17.0. The van der Waals surface area contributed by atoms with Gasteiger partial charge in [0, 0.05) is 76.5 Å². The summed E-state index contributed by atoms with van der Waals surface area (Å²) in [7, 11) is 7.44. The Balaban J connectivity index is 1.24. The first kappa shape index (κ1) is 77.9. The van der Waals surface area contributed by atoms with Gasteiger partial charge in [-0.1, -0.05) is 75.0 Å². The second-order valence-corrected chi connectivity index (χ2v) is 31.3. The monoisotopic (exact) mass is 1480 g/mol. The molecule has 96 heavy (non-hydrogen) atoms. The van der Waals surface area contributed by atoms with Crippen LogP contribution in [-0.4, -0.2) is 230 Å². The third-order valence-corrected chi connectivity index (χ3v) is 24.3. The summed E-state index contributed by atoms with van der Waals surface area (Å²) in [4.78, 5) is 172. The van der Waals surface area contributed by atoms with E-state index >= 15 is 19.2 Å². The summed E-state index contributed by atoms with van der Waals surface area (Å²) >= 11 is 8.80. The van der Waals surface area contributed by atoms with Crippen LogP contribution < -0.4 is 21.3 Å². The molecule has 538 valence electrons. The highest BCUT2D eigenvalue weighted by molar-refractivity contribution is 14.1. The van der Waals surface area contributed by atoms with Gasteiger partial charge in [0.05, 0.1) is 12.5 Å². The molecule has 1 spiro atoms. The smallest absolute Gasteiger partial charge is 0.343 e. The normalized spacial score (nSPS) is 33.0. The van der Waals surface area contributed by atoms with Crippen LogP contribution in [0.5, 0.6) is 0 Å². The second-order valence-electron chi connectivity index (χ2n) is 29.0. The number of carbonyl (C=O) groups excluding carboxylic acids is 11. The predicted octanol–water partition coefficient (Wildman–Crippen LogP) is 6.46. The number of alkyl halides is 5. The molecule has 3 heterocycles. The first-order valence-corrected chi connectivity index (χ1v) is 36.9. The molecular weight excluding hydrogens is 1380 g/mol. The molecule has 4 N–H and O–H groups in total. The molecule has 7 rings (SSSR count). The van der Waals surface area contributed by atoms with Crippen LogP contribution in [0.15, 0.2) is 0 Å². The Morgan fingerprint density at radius 1 is 0.646 bits per heavy atom. The third kappa shape index (κ3) is 18.9. The van der Waals surface area contributed by atoms with Crippen molar-refractivity contribution >= 4 is 99.2 Å². The zero-order valence-corrected chi connectivity index (χ0v) is 60.7. The van der Waals surface area contributed by atoms with Gasteiger partial charge in [0.2, 0.25) is 65.0 Å². The van der Waals surface area contributed by atoms with Crippen molar-refractivity contribution in [2.45, 2.75) is 270 Å². The number of terminal acetylenes is 1. The van der Waals surface area contributed by atoms with Crippen LogP contribution in [0.2, 0.25) is 0 Å². The number of amides is 11. The van der Waals surface area contributed by atoms with E-state index in [1.165, 1.54) is 57.5 Å². The maximum Gasteiger partial charge on any atom is 0.393 e. The highest BCUT2D eigenvalue weighted by atomic mass is 127. The van der Waals surface area contributed by atoms with E-state index in [0.717, 1.165) is 49.8 Å². The standard InChI is InChI=1S/C69H106ClF3IN11O11/c1-11-13-22-52-59(88)77-57(41(3)12-2)65(94)81(8)43(5)62(91)85-36-32-54(85)60(89)76-51(39-45-24-28-47(74)29-25-45)63(92)79(6)40-55(86)75-50(31-27-44-26-30-48(49(70)38-44)69(71,72)73)64(93)84-35-19-23-53(84)61(90)78-68(33-17-18-34-68)67(96)83(10)58(46-20-15-14-16-21-46)66(95)80(7)42(4)37-56(87)82(52)9/h1,41-54,57-58H,12-40H2,2-10H3,(H,75,86)(H,76,89)(H,77,88)(H,78,90)/t41-,42+,43-,44?,45?,47?,48?,49?,50-,51-,52-,53-,54-,57-,58-/m0/s1. The van der Waals surface area contributed by atoms with E-state index in [0.29, 0.717) is 42.4 Å². The third-order valence-electron chi connectivity index (χ3n) is 22.5. The maximum absolute atomic E-state index is 15.5. The van der Waals surface area contributed by atoms with Crippen LogP contribution in [0.3, 0.4) is 0 Å². The summed E-state index contributed by atoms with van der Waals surface area (Å²) in [5.41, 5.74) is -1.48. The summed E-state index contributed by atoms with van der Waals surface area (Å²) in [6, 6.07) is -9.85. The van der Waals surface area contributed by atoms with Crippen molar-refractivity contribution in [2.24, 2.45) is 29.6 Å². The van der Waals surface area contributed by atoms with Crippen LogP contribution in [0.25, 0.3) is 0 Å². The highest BCUT2D eigenvalue weighted by Gasteiger charge is 2.52. The largest absolute Gasteiger partial charge is 0.393 e. The highest BCUT2D eigenvalue weighted by Crippen LogP contribution is 2.44.